The first-order valence-corrected chi connectivity index (χ1v) is 6.02. The highest BCUT2D eigenvalue weighted by atomic mass is 32.2. The second kappa shape index (κ2) is 4.41. The lowest BCUT2D eigenvalue weighted by Crippen LogP contribution is -2.38. The predicted octanol–water partition coefficient (Wildman–Crippen LogP) is 3.58. The maximum Gasteiger partial charge on any atom is 0.0874 e. The van der Waals surface area contributed by atoms with Crippen LogP contribution in [0.1, 0.15) is 40.5 Å². The molecule has 1 aliphatic heterocycles. The van der Waals surface area contributed by atoms with Gasteiger partial charge >= 0.3 is 0 Å². The molecule has 1 heterocycles. The van der Waals surface area contributed by atoms with Gasteiger partial charge in [-0.3, -0.25) is 0 Å². The van der Waals surface area contributed by atoms with Crippen molar-refractivity contribution in [1.29, 1.82) is 0 Å². The van der Waals surface area contributed by atoms with E-state index in [0.717, 1.165) is 11.8 Å². The summed E-state index contributed by atoms with van der Waals surface area (Å²) >= 11 is 1.95. The van der Waals surface area contributed by atoms with Crippen molar-refractivity contribution in [1.82, 2.24) is 5.32 Å². The van der Waals surface area contributed by atoms with Crippen LogP contribution in [0.5, 0.6) is 0 Å². The Morgan fingerprint density at radius 1 is 1.15 bits per heavy atom. The summed E-state index contributed by atoms with van der Waals surface area (Å²) in [6, 6.07) is 0. The summed E-state index contributed by atoms with van der Waals surface area (Å²) in [6.45, 7) is 9.18. The smallest absolute Gasteiger partial charge is 0.0874 e. The molecule has 0 unspecified atom stereocenters. The highest BCUT2D eigenvalue weighted by molar-refractivity contribution is 8.03. The molecule has 1 rings (SSSR count). The molecule has 0 saturated heterocycles. The molecule has 0 atom stereocenters. The van der Waals surface area contributed by atoms with Gasteiger partial charge in [-0.25, -0.2) is 0 Å². The Bertz CT molecular complexity index is 165. The summed E-state index contributed by atoms with van der Waals surface area (Å²) < 4.78 is 0. The first-order chi connectivity index (χ1) is 6.04. The van der Waals surface area contributed by atoms with E-state index in [2.05, 4.69) is 44.6 Å². The SMILES string of the molecule is CC(C)CC1(CC(C)C)NC=CS1. The van der Waals surface area contributed by atoms with Crippen molar-refractivity contribution in [2.75, 3.05) is 0 Å². The largest absolute Gasteiger partial charge is 0.376 e. The van der Waals surface area contributed by atoms with Crippen LogP contribution in [0.4, 0.5) is 0 Å². The molecular formula is C11H21NS. The Morgan fingerprint density at radius 2 is 1.69 bits per heavy atom. The molecule has 76 valence electrons. The average molecular weight is 199 g/mol. The fourth-order valence-electron chi connectivity index (χ4n) is 2.00. The molecule has 0 aromatic heterocycles. The molecule has 0 amide bonds. The van der Waals surface area contributed by atoms with Crippen LogP contribution < -0.4 is 5.32 Å². The van der Waals surface area contributed by atoms with Crippen molar-refractivity contribution in [3.8, 4) is 0 Å². The maximum atomic E-state index is 3.52. The summed E-state index contributed by atoms with van der Waals surface area (Å²) in [5, 5.41) is 5.70. The first kappa shape index (κ1) is 11.0. The highest BCUT2D eigenvalue weighted by Crippen LogP contribution is 2.39. The Kier molecular flexibility index (Phi) is 3.72. The van der Waals surface area contributed by atoms with Crippen molar-refractivity contribution in [2.24, 2.45) is 11.8 Å². The van der Waals surface area contributed by atoms with Crippen LogP contribution in [0.15, 0.2) is 11.6 Å². The minimum atomic E-state index is 0.294. The standard InChI is InChI=1S/C11H21NS/c1-9(2)7-11(8-10(3)4)12-5-6-13-11/h5-6,9-10,12H,7-8H2,1-4H3. The molecule has 1 nitrogen and oxygen atoms in total. The minimum Gasteiger partial charge on any atom is -0.376 e. The van der Waals surface area contributed by atoms with Gasteiger partial charge in [0.25, 0.3) is 0 Å². The summed E-state index contributed by atoms with van der Waals surface area (Å²) in [4.78, 5) is 0.294. The van der Waals surface area contributed by atoms with E-state index in [9.17, 15) is 0 Å². The number of rotatable bonds is 4. The highest BCUT2D eigenvalue weighted by Gasteiger charge is 2.32. The molecule has 0 spiro atoms. The van der Waals surface area contributed by atoms with Crippen LogP contribution >= 0.6 is 11.8 Å². The summed E-state index contributed by atoms with van der Waals surface area (Å²) in [5.74, 6) is 1.53. The van der Waals surface area contributed by atoms with E-state index in [0.29, 0.717) is 4.87 Å². The zero-order valence-corrected chi connectivity index (χ0v) is 9.95. The summed E-state index contributed by atoms with van der Waals surface area (Å²) in [7, 11) is 0. The van der Waals surface area contributed by atoms with E-state index in [1.54, 1.807) is 0 Å². The lowest BCUT2D eigenvalue weighted by atomic mass is 9.95. The van der Waals surface area contributed by atoms with Gasteiger partial charge in [-0.1, -0.05) is 27.7 Å². The van der Waals surface area contributed by atoms with Gasteiger partial charge in [0.15, 0.2) is 0 Å². The molecule has 0 fully saturated rings. The lowest BCUT2D eigenvalue weighted by molar-refractivity contribution is 0.358. The maximum absolute atomic E-state index is 3.52. The predicted molar refractivity (Wildman–Crippen MR) is 61.5 cm³/mol. The zero-order valence-electron chi connectivity index (χ0n) is 9.13. The quantitative estimate of drug-likeness (QED) is 0.742. The molecule has 0 aromatic carbocycles. The van der Waals surface area contributed by atoms with E-state index in [1.165, 1.54) is 12.8 Å². The fourth-order valence-corrected chi connectivity index (χ4v) is 3.39. The molecule has 13 heavy (non-hydrogen) atoms. The van der Waals surface area contributed by atoms with Crippen LogP contribution in [0, 0.1) is 11.8 Å². The second-order valence-electron chi connectivity index (χ2n) is 4.76. The van der Waals surface area contributed by atoms with Crippen molar-refractivity contribution in [3.63, 3.8) is 0 Å². The van der Waals surface area contributed by atoms with Crippen LogP contribution in [-0.4, -0.2) is 4.87 Å². The third-order valence-electron chi connectivity index (χ3n) is 2.18. The van der Waals surface area contributed by atoms with E-state index in [-0.39, 0.29) is 0 Å². The molecule has 0 bridgehead atoms. The Balaban J connectivity index is 2.54. The topological polar surface area (TPSA) is 12.0 Å². The normalized spacial score (nSPS) is 19.8. The third kappa shape index (κ3) is 3.26. The van der Waals surface area contributed by atoms with Gasteiger partial charge in [0.1, 0.15) is 0 Å². The Morgan fingerprint density at radius 3 is 2.00 bits per heavy atom. The molecule has 2 heteroatoms. The Hall–Kier alpha value is -0.110. The second-order valence-corrected chi connectivity index (χ2v) is 6.04. The summed E-state index contributed by atoms with van der Waals surface area (Å²) in [6.07, 6.45) is 4.60. The number of thioether (sulfide) groups is 1. The first-order valence-electron chi connectivity index (χ1n) is 5.14. The van der Waals surface area contributed by atoms with Crippen molar-refractivity contribution in [3.05, 3.63) is 11.6 Å². The van der Waals surface area contributed by atoms with Crippen LogP contribution in [0.3, 0.4) is 0 Å². The van der Waals surface area contributed by atoms with Crippen molar-refractivity contribution in [2.45, 2.75) is 45.4 Å². The molecular weight excluding hydrogens is 178 g/mol. The van der Waals surface area contributed by atoms with Crippen molar-refractivity contribution >= 4 is 11.8 Å². The molecule has 0 radical (unpaired) electrons. The van der Waals surface area contributed by atoms with E-state index < -0.39 is 0 Å². The Labute approximate surface area is 86.4 Å². The number of hydrogen-bond donors (Lipinski definition) is 1. The molecule has 0 aliphatic carbocycles. The molecule has 1 aliphatic rings. The minimum absolute atomic E-state index is 0.294. The third-order valence-corrected chi connectivity index (χ3v) is 3.36. The van der Waals surface area contributed by atoms with Gasteiger partial charge in [0.05, 0.1) is 4.87 Å². The number of hydrogen-bond acceptors (Lipinski definition) is 2. The van der Waals surface area contributed by atoms with E-state index in [4.69, 9.17) is 0 Å². The average Bonchev–Trinajstić information content (AvgIpc) is 2.33. The molecule has 1 N–H and O–H groups in total. The van der Waals surface area contributed by atoms with Gasteiger partial charge in [0.2, 0.25) is 0 Å². The summed E-state index contributed by atoms with van der Waals surface area (Å²) in [5.41, 5.74) is 0. The molecule has 0 saturated carbocycles. The molecule has 0 aromatic rings. The van der Waals surface area contributed by atoms with Gasteiger partial charge in [-0.05, 0) is 30.1 Å². The monoisotopic (exact) mass is 199 g/mol. The van der Waals surface area contributed by atoms with Crippen LogP contribution in [0.25, 0.3) is 0 Å². The number of nitrogens with one attached hydrogen (secondary N) is 1. The van der Waals surface area contributed by atoms with Gasteiger partial charge in [0, 0.05) is 6.20 Å². The zero-order chi connectivity index (χ0) is 9.90. The lowest BCUT2D eigenvalue weighted by Gasteiger charge is -2.32. The van der Waals surface area contributed by atoms with Crippen LogP contribution in [0.2, 0.25) is 0 Å². The fraction of sp³-hybridized carbons (Fsp3) is 0.818. The van der Waals surface area contributed by atoms with Crippen LogP contribution in [-0.2, 0) is 0 Å². The van der Waals surface area contributed by atoms with Crippen molar-refractivity contribution < 1.29 is 0 Å². The van der Waals surface area contributed by atoms with E-state index >= 15 is 0 Å². The van der Waals surface area contributed by atoms with E-state index in [1.807, 2.05) is 11.8 Å². The van der Waals surface area contributed by atoms with Gasteiger partial charge in [-0.15, -0.1) is 11.8 Å². The van der Waals surface area contributed by atoms with Gasteiger partial charge in [-0.2, -0.15) is 0 Å². The van der Waals surface area contributed by atoms with Gasteiger partial charge < -0.3 is 5.32 Å².